The first kappa shape index (κ1) is 16.7. The number of esters is 1. The molecule has 24 heavy (non-hydrogen) atoms. The molecule has 0 radical (unpaired) electrons. The summed E-state index contributed by atoms with van der Waals surface area (Å²) >= 11 is 0. The SMILES string of the molecule is N#Cc1ccc(OCC(O)CN2CCC3(CCOC3=O)CC2)cc1. The number of aliphatic hydroxyl groups is 1. The van der Waals surface area contributed by atoms with Crippen molar-refractivity contribution in [3.8, 4) is 11.8 Å². The normalized spacial score (nSPS) is 21.2. The van der Waals surface area contributed by atoms with Crippen molar-refractivity contribution in [1.82, 2.24) is 4.90 Å². The van der Waals surface area contributed by atoms with Crippen LogP contribution in [-0.2, 0) is 9.53 Å². The van der Waals surface area contributed by atoms with Gasteiger partial charge in [-0.15, -0.1) is 0 Å². The summed E-state index contributed by atoms with van der Waals surface area (Å²) < 4.78 is 10.7. The molecule has 6 nitrogen and oxygen atoms in total. The lowest BCUT2D eigenvalue weighted by Gasteiger charge is -2.37. The lowest BCUT2D eigenvalue weighted by molar-refractivity contribution is -0.148. The van der Waals surface area contributed by atoms with Crippen molar-refractivity contribution in [3.05, 3.63) is 29.8 Å². The van der Waals surface area contributed by atoms with E-state index < -0.39 is 6.10 Å². The number of hydrogen-bond donors (Lipinski definition) is 1. The van der Waals surface area contributed by atoms with Crippen molar-refractivity contribution < 1.29 is 19.4 Å². The van der Waals surface area contributed by atoms with Gasteiger partial charge in [0.25, 0.3) is 0 Å². The highest BCUT2D eigenvalue weighted by Gasteiger charge is 2.46. The predicted octanol–water partition coefficient (Wildman–Crippen LogP) is 1.33. The van der Waals surface area contributed by atoms with Crippen LogP contribution in [0.2, 0.25) is 0 Å². The van der Waals surface area contributed by atoms with Crippen molar-refractivity contribution in [2.24, 2.45) is 5.41 Å². The molecule has 1 aromatic carbocycles. The lowest BCUT2D eigenvalue weighted by atomic mass is 9.77. The highest BCUT2D eigenvalue weighted by atomic mass is 16.5. The van der Waals surface area contributed by atoms with E-state index in [9.17, 15) is 9.90 Å². The fraction of sp³-hybridized carbons (Fsp3) is 0.556. The number of carbonyl (C=O) groups excluding carboxylic acids is 1. The number of ether oxygens (including phenoxy) is 2. The number of likely N-dealkylation sites (tertiary alicyclic amines) is 1. The molecular formula is C18H22N2O4. The van der Waals surface area contributed by atoms with Crippen LogP contribution in [0.5, 0.6) is 5.75 Å². The lowest BCUT2D eigenvalue weighted by Crippen LogP contribution is -2.45. The molecule has 1 atom stereocenters. The molecule has 2 saturated heterocycles. The molecule has 1 aromatic rings. The van der Waals surface area contributed by atoms with Gasteiger partial charge in [0.1, 0.15) is 18.5 Å². The van der Waals surface area contributed by atoms with Crippen LogP contribution < -0.4 is 4.74 Å². The topological polar surface area (TPSA) is 82.8 Å². The first-order valence-electron chi connectivity index (χ1n) is 8.32. The first-order valence-corrected chi connectivity index (χ1v) is 8.32. The van der Waals surface area contributed by atoms with Crippen molar-refractivity contribution in [1.29, 1.82) is 5.26 Å². The minimum Gasteiger partial charge on any atom is -0.491 e. The van der Waals surface area contributed by atoms with Gasteiger partial charge >= 0.3 is 5.97 Å². The number of piperidine rings is 1. The van der Waals surface area contributed by atoms with Crippen molar-refractivity contribution in [3.63, 3.8) is 0 Å². The minimum atomic E-state index is -0.592. The van der Waals surface area contributed by atoms with Crippen LogP contribution in [0, 0.1) is 16.7 Å². The van der Waals surface area contributed by atoms with Gasteiger partial charge in [0.05, 0.1) is 23.7 Å². The van der Waals surface area contributed by atoms with E-state index in [-0.39, 0.29) is 18.0 Å². The van der Waals surface area contributed by atoms with Crippen LogP contribution in [0.4, 0.5) is 0 Å². The third kappa shape index (κ3) is 3.69. The van der Waals surface area contributed by atoms with E-state index in [0.717, 1.165) is 32.4 Å². The van der Waals surface area contributed by atoms with E-state index in [1.165, 1.54) is 0 Å². The van der Waals surface area contributed by atoms with Gasteiger partial charge in [-0.1, -0.05) is 0 Å². The monoisotopic (exact) mass is 330 g/mol. The summed E-state index contributed by atoms with van der Waals surface area (Å²) in [6, 6.07) is 8.87. The van der Waals surface area contributed by atoms with Crippen LogP contribution >= 0.6 is 0 Å². The Labute approximate surface area is 141 Å². The third-order valence-corrected chi connectivity index (χ3v) is 4.95. The van der Waals surface area contributed by atoms with Crippen LogP contribution in [0.1, 0.15) is 24.8 Å². The van der Waals surface area contributed by atoms with E-state index in [0.29, 0.717) is 24.5 Å². The second-order valence-corrected chi connectivity index (χ2v) is 6.57. The molecule has 2 heterocycles. The number of β-amino-alcohol motifs (C(OH)–C–C–N with tert-alkyl or cyclic N) is 1. The molecule has 2 aliphatic heterocycles. The molecule has 0 aromatic heterocycles. The quantitative estimate of drug-likeness (QED) is 0.820. The number of benzene rings is 1. The molecule has 0 bridgehead atoms. The summed E-state index contributed by atoms with van der Waals surface area (Å²) in [6.07, 6.45) is 1.83. The summed E-state index contributed by atoms with van der Waals surface area (Å²) in [5.41, 5.74) is 0.302. The van der Waals surface area contributed by atoms with Crippen molar-refractivity contribution >= 4 is 5.97 Å². The Morgan fingerprint density at radius 1 is 1.29 bits per heavy atom. The summed E-state index contributed by atoms with van der Waals surface area (Å²) in [5, 5.41) is 18.9. The number of aliphatic hydroxyl groups excluding tert-OH is 1. The maximum atomic E-state index is 11.9. The summed E-state index contributed by atoms with van der Waals surface area (Å²) in [4.78, 5) is 14.0. The Kier molecular flexibility index (Phi) is 5.03. The fourth-order valence-electron chi connectivity index (χ4n) is 3.38. The van der Waals surface area contributed by atoms with Crippen LogP contribution in [-0.4, -0.2) is 54.9 Å². The number of nitriles is 1. The zero-order valence-corrected chi connectivity index (χ0v) is 13.6. The van der Waals surface area contributed by atoms with Crippen LogP contribution in [0.25, 0.3) is 0 Å². The van der Waals surface area contributed by atoms with Crippen molar-refractivity contribution in [2.45, 2.75) is 25.4 Å². The number of rotatable bonds is 5. The Balaban J connectivity index is 1.42. The van der Waals surface area contributed by atoms with E-state index in [2.05, 4.69) is 11.0 Å². The van der Waals surface area contributed by atoms with Gasteiger partial charge in [-0.2, -0.15) is 5.26 Å². The highest BCUT2D eigenvalue weighted by Crippen LogP contribution is 2.40. The van der Waals surface area contributed by atoms with Crippen LogP contribution in [0.15, 0.2) is 24.3 Å². The molecule has 128 valence electrons. The largest absolute Gasteiger partial charge is 0.491 e. The Hall–Kier alpha value is -2.10. The molecule has 0 aliphatic carbocycles. The maximum absolute atomic E-state index is 11.9. The zero-order valence-electron chi connectivity index (χ0n) is 13.6. The number of nitrogens with zero attached hydrogens (tertiary/aromatic N) is 2. The maximum Gasteiger partial charge on any atom is 0.312 e. The van der Waals surface area contributed by atoms with E-state index in [4.69, 9.17) is 14.7 Å². The molecular weight excluding hydrogens is 308 g/mol. The van der Waals surface area contributed by atoms with E-state index >= 15 is 0 Å². The average Bonchev–Trinajstić information content (AvgIpc) is 2.96. The second-order valence-electron chi connectivity index (χ2n) is 6.57. The molecule has 1 spiro atoms. The third-order valence-electron chi connectivity index (χ3n) is 4.95. The Morgan fingerprint density at radius 2 is 2.00 bits per heavy atom. The second kappa shape index (κ2) is 7.20. The molecule has 0 saturated carbocycles. The molecule has 1 unspecified atom stereocenters. The molecule has 1 N–H and O–H groups in total. The number of carbonyl (C=O) groups is 1. The summed E-state index contributed by atoms with van der Waals surface area (Å²) in [7, 11) is 0. The van der Waals surface area contributed by atoms with Gasteiger partial charge in [-0.25, -0.2) is 0 Å². The highest BCUT2D eigenvalue weighted by molar-refractivity contribution is 5.78. The molecule has 6 heteroatoms. The molecule has 2 fully saturated rings. The average molecular weight is 330 g/mol. The fourth-order valence-corrected chi connectivity index (χ4v) is 3.38. The van der Waals surface area contributed by atoms with E-state index in [1.54, 1.807) is 24.3 Å². The standard InChI is InChI=1S/C18H22N2O4/c19-11-14-1-3-16(4-2-14)24-13-15(21)12-20-8-5-18(6-9-20)7-10-23-17(18)22/h1-4,15,21H,5-10,12-13H2. The summed E-state index contributed by atoms with van der Waals surface area (Å²) in [6.45, 7) is 2.86. The smallest absolute Gasteiger partial charge is 0.312 e. The van der Waals surface area contributed by atoms with E-state index in [1.807, 2.05) is 0 Å². The first-order chi connectivity index (χ1) is 11.6. The Bertz CT molecular complexity index is 615. The van der Waals surface area contributed by atoms with Gasteiger partial charge in [-0.3, -0.25) is 4.79 Å². The van der Waals surface area contributed by atoms with Gasteiger partial charge in [0.15, 0.2) is 0 Å². The zero-order chi connectivity index (χ0) is 17.0. The predicted molar refractivity (Wildman–Crippen MR) is 86.3 cm³/mol. The van der Waals surface area contributed by atoms with Gasteiger partial charge < -0.3 is 19.5 Å². The molecule has 3 rings (SSSR count). The van der Waals surface area contributed by atoms with Gasteiger partial charge in [0, 0.05) is 6.54 Å². The van der Waals surface area contributed by atoms with Gasteiger partial charge in [-0.05, 0) is 56.6 Å². The number of cyclic esters (lactones) is 1. The van der Waals surface area contributed by atoms with Crippen molar-refractivity contribution in [2.75, 3.05) is 32.8 Å². The number of hydrogen-bond acceptors (Lipinski definition) is 6. The summed E-state index contributed by atoms with van der Waals surface area (Å²) in [5.74, 6) is 0.589. The minimum absolute atomic E-state index is 0.0492. The Morgan fingerprint density at radius 3 is 2.58 bits per heavy atom. The molecule has 2 aliphatic rings. The van der Waals surface area contributed by atoms with Crippen LogP contribution in [0.3, 0.4) is 0 Å². The molecule has 0 amide bonds. The van der Waals surface area contributed by atoms with Gasteiger partial charge in [0.2, 0.25) is 0 Å².